The van der Waals surface area contributed by atoms with Gasteiger partial charge in [-0.25, -0.2) is 4.79 Å². The van der Waals surface area contributed by atoms with Gasteiger partial charge >= 0.3 is 12.3 Å². The maximum absolute atomic E-state index is 13.8. The molecule has 2 amide bonds. The molecular weight excluding hydrogens is 447 g/mol. The highest BCUT2D eigenvalue weighted by Crippen LogP contribution is 2.42. The van der Waals surface area contributed by atoms with Crippen molar-refractivity contribution >= 4 is 23.4 Å². The van der Waals surface area contributed by atoms with E-state index in [-0.39, 0.29) is 18.3 Å². The van der Waals surface area contributed by atoms with Crippen molar-refractivity contribution in [1.29, 1.82) is 0 Å². The molecule has 182 valence electrons. The van der Waals surface area contributed by atoms with Gasteiger partial charge in [-0.05, 0) is 63.9 Å². The lowest BCUT2D eigenvalue weighted by atomic mass is 9.85. The Morgan fingerprint density at radius 3 is 2.15 bits per heavy atom. The van der Waals surface area contributed by atoms with Crippen LogP contribution in [-0.2, 0) is 15.7 Å². The minimum atomic E-state index is -4.51. The predicted molar refractivity (Wildman–Crippen MR) is 122 cm³/mol. The largest absolute Gasteiger partial charge is 0.444 e. The number of ether oxygens (including phenoxy) is 1. The third kappa shape index (κ3) is 4.56. The Morgan fingerprint density at radius 2 is 1.56 bits per heavy atom. The smallest absolute Gasteiger partial charge is 0.416 e. The number of likely N-dealkylation sites (tertiary alicyclic amines) is 1. The van der Waals surface area contributed by atoms with Gasteiger partial charge in [0.2, 0.25) is 0 Å². The zero-order chi connectivity index (χ0) is 24.7. The highest BCUT2D eigenvalue weighted by atomic mass is 19.4. The van der Waals surface area contributed by atoms with Crippen molar-refractivity contribution in [2.24, 2.45) is 0 Å². The van der Waals surface area contributed by atoms with Crippen LogP contribution in [0.2, 0.25) is 0 Å². The molecule has 6 nitrogen and oxygen atoms in total. The van der Waals surface area contributed by atoms with E-state index in [9.17, 15) is 22.8 Å². The summed E-state index contributed by atoms with van der Waals surface area (Å²) in [6.07, 6.45) is -4.26. The summed E-state index contributed by atoms with van der Waals surface area (Å²) in [5, 5.41) is 0. The van der Waals surface area contributed by atoms with E-state index in [0.717, 1.165) is 17.8 Å². The number of para-hydroxylation sites is 1. The second kappa shape index (κ2) is 8.52. The lowest BCUT2D eigenvalue weighted by Gasteiger charge is -2.43. The van der Waals surface area contributed by atoms with Crippen molar-refractivity contribution < 1.29 is 27.5 Å². The molecule has 34 heavy (non-hydrogen) atoms. The number of anilines is 2. The van der Waals surface area contributed by atoms with Crippen LogP contribution in [-0.4, -0.2) is 47.8 Å². The summed E-state index contributed by atoms with van der Waals surface area (Å²) in [5.41, 5.74) is -1.40. The number of hydrogen-bond acceptors (Lipinski definition) is 4. The Hall–Kier alpha value is -3.23. The normalized spacial score (nSPS) is 18.5. The van der Waals surface area contributed by atoms with Crippen LogP contribution in [0.25, 0.3) is 0 Å². The average Bonchev–Trinajstić information content (AvgIpc) is 3.05. The van der Waals surface area contributed by atoms with Crippen molar-refractivity contribution in [3.05, 3.63) is 60.2 Å². The van der Waals surface area contributed by atoms with Gasteiger partial charge < -0.3 is 14.5 Å². The number of piperidine rings is 1. The lowest BCUT2D eigenvalue weighted by molar-refractivity contribution is -0.137. The van der Waals surface area contributed by atoms with Crippen molar-refractivity contribution in [1.82, 2.24) is 4.90 Å². The minimum Gasteiger partial charge on any atom is -0.444 e. The molecule has 0 N–H and O–H groups in total. The van der Waals surface area contributed by atoms with Gasteiger partial charge in [-0.3, -0.25) is 9.69 Å². The van der Waals surface area contributed by atoms with Crippen LogP contribution in [0.3, 0.4) is 0 Å². The first kappa shape index (κ1) is 23.9. The van der Waals surface area contributed by atoms with E-state index in [4.69, 9.17) is 4.74 Å². The van der Waals surface area contributed by atoms with E-state index >= 15 is 0 Å². The Balaban J connectivity index is 1.65. The maximum atomic E-state index is 13.8. The molecule has 2 heterocycles. The van der Waals surface area contributed by atoms with Gasteiger partial charge in [0.05, 0.1) is 12.2 Å². The minimum absolute atomic E-state index is 0.122. The summed E-state index contributed by atoms with van der Waals surface area (Å²) in [6, 6.07) is 14.2. The molecule has 0 atom stereocenters. The zero-order valence-corrected chi connectivity index (χ0v) is 19.4. The van der Waals surface area contributed by atoms with Crippen LogP contribution in [0.15, 0.2) is 54.6 Å². The fourth-order valence-corrected chi connectivity index (χ4v) is 4.56. The van der Waals surface area contributed by atoms with E-state index in [1.54, 1.807) is 25.7 Å². The summed E-state index contributed by atoms with van der Waals surface area (Å²) >= 11 is 0. The highest BCUT2D eigenvalue weighted by molar-refractivity contribution is 6.06. The summed E-state index contributed by atoms with van der Waals surface area (Å²) in [7, 11) is 0. The Labute approximate surface area is 196 Å². The first-order valence-electron chi connectivity index (χ1n) is 11.2. The van der Waals surface area contributed by atoms with Gasteiger partial charge in [0.1, 0.15) is 11.1 Å². The van der Waals surface area contributed by atoms with Gasteiger partial charge in [-0.1, -0.05) is 24.3 Å². The number of rotatable bonds is 2. The second-order valence-corrected chi connectivity index (χ2v) is 9.69. The quantitative estimate of drug-likeness (QED) is 0.593. The Kier molecular flexibility index (Phi) is 5.99. The molecule has 0 radical (unpaired) electrons. The number of carbonyl (C=O) groups is 2. The number of halogens is 3. The molecule has 0 aliphatic carbocycles. The molecule has 9 heteroatoms. The zero-order valence-electron chi connectivity index (χ0n) is 19.4. The molecule has 0 unspecified atom stereocenters. The molecule has 4 rings (SSSR count). The average molecular weight is 476 g/mol. The van der Waals surface area contributed by atoms with E-state index < -0.39 is 29.0 Å². The molecule has 0 saturated carbocycles. The van der Waals surface area contributed by atoms with Crippen LogP contribution in [0.1, 0.15) is 39.2 Å². The van der Waals surface area contributed by atoms with Gasteiger partial charge in [0.25, 0.3) is 5.91 Å². The number of hydrogen-bond donors (Lipinski definition) is 0. The molecule has 1 spiro atoms. The molecule has 2 aliphatic heterocycles. The van der Waals surface area contributed by atoms with E-state index in [1.807, 2.05) is 35.2 Å². The molecule has 2 saturated heterocycles. The molecular formula is C25H28F3N3O3. The standard InChI is InChI=1S/C25H28F3N3O3/c1-23(2,3)34-22(33)29-14-12-24(13-15-29)21(32)30(17-31(24)19-9-5-4-6-10-19)20-11-7-8-18(16-20)25(26,27)28/h4-11,16H,12-15,17H2,1-3H3. The third-order valence-corrected chi connectivity index (χ3v) is 6.24. The van der Waals surface area contributed by atoms with E-state index in [2.05, 4.69) is 0 Å². The van der Waals surface area contributed by atoms with Crippen LogP contribution in [0.4, 0.5) is 29.3 Å². The van der Waals surface area contributed by atoms with Crippen molar-refractivity contribution in [2.75, 3.05) is 29.6 Å². The molecule has 0 aromatic heterocycles. The summed E-state index contributed by atoms with van der Waals surface area (Å²) in [5.74, 6) is -0.264. The maximum Gasteiger partial charge on any atom is 0.416 e. The number of carbonyl (C=O) groups excluding carboxylic acids is 2. The molecule has 2 aromatic carbocycles. The topological polar surface area (TPSA) is 53.1 Å². The molecule has 2 aromatic rings. The predicted octanol–water partition coefficient (Wildman–Crippen LogP) is 5.29. The van der Waals surface area contributed by atoms with Crippen LogP contribution >= 0.6 is 0 Å². The van der Waals surface area contributed by atoms with Crippen molar-refractivity contribution in [3.63, 3.8) is 0 Å². The number of amides is 2. The highest BCUT2D eigenvalue weighted by Gasteiger charge is 2.55. The number of alkyl halides is 3. The van der Waals surface area contributed by atoms with Gasteiger partial charge in [0, 0.05) is 24.5 Å². The monoisotopic (exact) mass is 475 g/mol. The van der Waals surface area contributed by atoms with E-state index in [1.165, 1.54) is 17.0 Å². The Morgan fingerprint density at radius 1 is 0.941 bits per heavy atom. The second-order valence-electron chi connectivity index (χ2n) is 9.69. The number of benzene rings is 2. The van der Waals surface area contributed by atoms with E-state index in [0.29, 0.717) is 25.9 Å². The SMILES string of the molecule is CC(C)(C)OC(=O)N1CCC2(CC1)C(=O)N(c1cccc(C(F)(F)F)c1)CN2c1ccccc1. The summed E-state index contributed by atoms with van der Waals surface area (Å²) < 4.78 is 45.4. The van der Waals surface area contributed by atoms with Crippen LogP contribution < -0.4 is 9.80 Å². The molecule has 0 bridgehead atoms. The van der Waals surface area contributed by atoms with Crippen molar-refractivity contribution in [2.45, 2.75) is 50.9 Å². The number of nitrogens with zero attached hydrogens (tertiary/aromatic N) is 3. The van der Waals surface area contributed by atoms with Gasteiger partial charge in [-0.15, -0.1) is 0 Å². The Bertz CT molecular complexity index is 1060. The molecule has 2 aliphatic rings. The lowest BCUT2D eigenvalue weighted by Crippen LogP contribution is -2.57. The van der Waals surface area contributed by atoms with Crippen LogP contribution in [0.5, 0.6) is 0 Å². The van der Waals surface area contributed by atoms with Gasteiger partial charge in [-0.2, -0.15) is 13.2 Å². The fraction of sp³-hybridized carbons (Fsp3) is 0.440. The first-order valence-corrected chi connectivity index (χ1v) is 11.2. The summed E-state index contributed by atoms with van der Waals surface area (Å²) in [4.78, 5) is 31.3. The van der Waals surface area contributed by atoms with Crippen molar-refractivity contribution in [3.8, 4) is 0 Å². The summed E-state index contributed by atoms with van der Waals surface area (Å²) in [6.45, 7) is 6.11. The first-order chi connectivity index (χ1) is 15.9. The third-order valence-electron chi connectivity index (χ3n) is 6.24. The fourth-order valence-electron chi connectivity index (χ4n) is 4.56. The molecule has 2 fully saturated rings. The van der Waals surface area contributed by atoms with Crippen LogP contribution in [0, 0.1) is 0 Å². The van der Waals surface area contributed by atoms with Gasteiger partial charge in [0.15, 0.2) is 0 Å².